The molecule has 6 heteroatoms. The summed E-state index contributed by atoms with van der Waals surface area (Å²) in [4.78, 5) is 1.38. The lowest BCUT2D eigenvalue weighted by Gasteiger charge is -2.20. The van der Waals surface area contributed by atoms with Gasteiger partial charge in [0.05, 0.1) is 20.3 Å². The van der Waals surface area contributed by atoms with Gasteiger partial charge in [0, 0.05) is 5.41 Å². The summed E-state index contributed by atoms with van der Waals surface area (Å²) in [6.07, 6.45) is 0. The number of ether oxygens (including phenoxy) is 1. The average Bonchev–Trinajstić information content (AvgIpc) is 2.51. The Labute approximate surface area is 82.9 Å². The molecule has 0 saturated carbocycles. The molecular weight excluding hydrogens is 184 g/mol. The van der Waals surface area contributed by atoms with Gasteiger partial charge in [0.2, 0.25) is 0 Å². The number of tetrazole rings is 1. The van der Waals surface area contributed by atoms with Crippen molar-refractivity contribution in [2.24, 2.45) is 12.5 Å². The van der Waals surface area contributed by atoms with Crippen molar-refractivity contribution < 1.29 is 9.84 Å². The van der Waals surface area contributed by atoms with E-state index in [4.69, 9.17) is 9.84 Å². The van der Waals surface area contributed by atoms with Crippen molar-refractivity contribution in [1.82, 2.24) is 20.2 Å². The van der Waals surface area contributed by atoms with Crippen LogP contribution in [0.15, 0.2) is 0 Å². The predicted molar refractivity (Wildman–Crippen MR) is 49.3 cm³/mol. The van der Waals surface area contributed by atoms with Gasteiger partial charge >= 0.3 is 0 Å². The van der Waals surface area contributed by atoms with Gasteiger partial charge in [-0.15, -0.1) is 10.2 Å². The lowest BCUT2D eigenvalue weighted by molar-refractivity contribution is 0.0172. The van der Waals surface area contributed by atoms with Crippen LogP contribution in [-0.2, 0) is 18.4 Å². The molecule has 0 radical (unpaired) electrons. The standard InChI is InChI=1S/C8H16N4O2/c1-8(2,5-13)6-14-4-7-9-11-12(3)10-7/h13H,4-6H2,1-3H3. The van der Waals surface area contributed by atoms with Crippen molar-refractivity contribution >= 4 is 0 Å². The number of aryl methyl sites for hydroxylation is 1. The molecular formula is C8H16N4O2. The largest absolute Gasteiger partial charge is 0.396 e. The number of hydrogen-bond acceptors (Lipinski definition) is 5. The van der Waals surface area contributed by atoms with Crippen LogP contribution in [-0.4, -0.2) is 38.5 Å². The third-order valence-electron chi connectivity index (χ3n) is 1.70. The number of rotatable bonds is 5. The smallest absolute Gasteiger partial charge is 0.200 e. The SMILES string of the molecule is Cn1nnc(COCC(C)(C)CO)n1. The molecule has 0 atom stereocenters. The van der Waals surface area contributed by atoms with E-state index in [2.05, 4.69) is 15.4 Å². The molecule has 0 spiro atoms. The molecule has 0 unspecified atom stereocenters. The molecule has 80 valence electrons. The van der Waals surface area contributed by atoms with Crippen LogP contribution in [0.4, 0.5) is 0 Å². The molecule has 0 aliphatic carbocycles. The van der Waals surface area contributed by atoms with E-state index in [1.165, 1.54) is 4.80 Å². The Hall–Kier alpha value is -1.01. The van der Waals surface area contributed by atoms with E-state index in [9.17, 15) is 0 Å². The molecule has 0 saturated heterocycles. The molecule has 0 aliphatic rings. The summed E-state index contributed by atoms with van der Waals surface area (Å²) in [7, 11) is 1.70. The van der Waals surface area contributed by atoms with Crippen LogP contribution in [0.1, 0.15) is 19.7 Å². The summed E-state index contributed by atoms with van der Waals surface area (Å²) >= 11 is 0. The molecule has 1 heterocycles. The maximum atomic E-state index is 8.97. The minimum absolute atomic E-state index is 0.0981. The first-order valence-electron chi connectivity index (χ1n) is 4.45. The minimum Gasteiger partial charge on any atom is -0.396 e. The summed E-state index contributed by atoms with van der Waals surface area (Å²) in [6.45, 7) is 4.76. The highest BCUT2D eigenvalue weighted by atomic mass is 16.5. The molecule has 6 nitrogen and oxygen atoms in total. The van der Waals surface area contributed by atoms with E-state index in [1.807, 2.05) is 13.8 Å². The second kappa shape index (κ2) is 4.47. The third kappa shape index (κ3) is 3.39. The van der Waals surface area contributed by atoms with Gasteiger partial charge in [0.15, 0.2) is 5.82 Å². The van der Waals surface area contributed by atoms with Crippen LogP contribution in [0, 0.1) is 5.41 Å². The van der Waals surface area contributed by atoms with E-state index in [0.29, 0.717) is 19.0 Å². The normalized spacial score (nSPS) is 12.0. The Kier molecular flexibility index (Phi) is 3.54. The van der Waals surface area contributed by atoms with E-state index in [-0.39, 0.29) is 12.0 Å². The zero-order valence-corrected chi connectivity index (χ0v) is 8.77. The summed E-state index contributed by atoms with van der Waals surface area (Å²) in [5, 5.41) is 20.4. The van der Waals surface area contributed by atoms with Crippen LogP contribution in [0.2, 0.25) is 0 Å². The summed E-state index contributed by atoms with van der Waals surface area (Å²) in [6, 6.07) is 0. The van der Waals surface area contributed by atoms with E-state index in [1.54, 1.807) is 7.05 Å². The second-order valence-electron chi connectivity index (χ2n) is 4.01. The topological polar surface area (TPSA) is 73.1 Å². The van der Waals surface area contributed by atoms with Crippen LogP contribution < -0.4 is 0 Å². The zero-order chi connectivity index (χ0) is 10.6. The van der Waals surface area contributed by atoms with Gasteiger partial charge in [0.1, 0.15) is 6.61 Å². The highest BCUT2D eigenvalue weighted by Crippen LogP contribution is 2.13. The Morgan fingerprint density at radius 1 is 1.50 bits per heavy atom. The van der Waals surface area contributed by atoms with Crippen molar-refractivity contribution in [3.05, 3.63) is 5.82 Å². The molecule has 0 bridgehead atoms. The fourth-order valence-electron chi connectivity index (χ4n) is 0.845. The van der Waals surface area contributed by atoms with Gasteiger partial charge in [-0.25, -0.2) is 0 Å². The molecule has 0 amide bonds. The Balaban J connectivity index is 2.28. The molecule has 1 N–H and O–H groups in total. The third-order valence-corrected chi connectivity index (χ3v) is 1.70. The number of aromatic nitrogens is 4. The highest BCUT2D eigenvalue weighted by Gasteiger charge is 2.16. The number of hydrogen-bond donors (Lipinski definition) is 1. The maximum Gasteiger partial charge on any atom is 0.200 e. The molecule has 0 aromatic carbocycles. The minimum atomic E-state index is -0.220. The Morgan fingerprint density at radius 2 is 2.21 bits per heavy atom. The Bertz CT molecular complexity index is 285. The molecule has 1 rings (SSSR count). The van der Waals surface area contributed by atoms with E-state index < -0.39 is 0 Å². The van der Waals surface area contributed by atoms with Gasteiger partial charge in [-0.1, -0.05) is 13.8 Å². The van der Waals surface area contributed by atoms with Gasteiger partial charge in [-0.3, -0.25) is 0 Å². The van der Waals surface area contributed by atoms with Crippen molar-refractivity contribution in [1.29, 1.82) is 0 Å². The summed E-state index contributed by atoms with van der Waals surface area (Å²) in [5.74, 6) is 0.557. The average molecular weight is 200 g/mol. The quantitative estimate of drug-likeness (QED) is 0.709. The van der Waals surface area contributed by atoms with Crippen molar-refractivity contribution in [3.8, 4) is 0 Å². The van der Waals surface area contributed by atoms with Gasteiger partial charge in [-0.2, -0.15) is 4.80 Å². The van der Waals surface area contributed by atoms with Crippen molar-refractivity contribution in [2.45, 2.75) is 20.5 Å². The molecule has 1 aromatic heterocycles. The fourth-order valence-corrected chi connectivity index (χ4v) is 0.845. The van der Waals surface area contributed by atoms with Crippen LogP contribution in [0.3, 0.4) is 0 Å². The lowest BCUT2D eigenvalue weighted by Crippen LogP contribution is -2.23. The number of nitrogens with zero attached hydrogens (tertiary/aromatic N) is 4. The van der Waals surface area contributed by atoms with Gasteiger partial charge in [-0.05, 0) is 5.21 Å². The molecule has 1 aromatic rings. The first kappa shape index (κ1) is 11.1. The van der Waals surface area contributed by atoms with Crippen molar-refractivity contribution in [3.63, 3.8) is 0 Å². The number of aliphatic hydroxyl groups excluding tert-OH is 1. The second-order valence-corrected chi connectivity index (χ2v) is 4.01. The van der Waals surface area contributed by atoms with Gasteiger partial charge in [0.25, 0.3) is 0 Å². The van der Waals surface area contributed by atoms with E-state index in [0.717, 1.165) is 0 Å². The molecule has 0 aliphatic heterocycles. The fraction of sp³-hybridized carbons (Fsp3) is 0.875. The van der Waals surface area contributed by atoms with Crippen LogP contribution in [0.5, 0.6) is 0 Å². The Morgan fingerprint density at radius 3 is 2.71 bits per heavy atom. The monoisotopic (exact) mass is 200 g/mol. The number of aliphatic hydroxyl groups is 1. The van der Waals surface area contributed by atoms with Gasteiger partial charge < -0.3 is 9.84 Å². The zero-order valence-electron chi connectivity index (χ0n) is 8.77. The lowest BCUT2D eigenvalue weighted by atomic mass is 9.97. The molecule has 14 heavy (non-hydrogen) atoms. The first-order valence-corrected chi connectivity index (χ1v) is 4.45. The summed E-state index contributed by atoms with van der Waals surface area (Å²) in [5.41, 5.74) is -0.220. The summed E-state index contributed by atoms with van der Waals surface area (Å²) < 4.78 is 5.35. The predicted octanol–water partition coefficient (Wildman–Crippen LogP) is -0.255. The van der Waals surface area contributed by atoms with Crippen LogP contribution >= 0.6 is 0 Å². The van der Waals surface area contributed by atoms with E-state index >= 15 is 0 Å². The molecule has 0 fully saturated rings. The van der Waals surface area contributed by atoms with Crippen LogP contribution in [0.25, 0.3) is 0 Å². The maximum absolute atomic E-state index is 8.97. The van der Waals surface area contributed by atoms with Crippen molar-refractivity contribution in [2.75, 3.05) is 13.2 Å². The highest BCUT2D eigenvalue weighted by molar-refractivity contribution is 4.72. The first-order chi connectivity index (χ1) is 6.53.